The molecule has 0 saturated heterocycles. The van der Waals surface area contributed by atoms with Crippen LogP contribution in [0, 0.1) is 0 Å². The molecule has 0 fully saturated rings. The highest BCUT2D eigenvalue weighted by Crippen LogP contribution is 2.18. The van der Waals surface area contributed by atoms with Gasteiger partial charge in [-0.1, -0.05) is 289 Å². The third-order valence-corrected chi connectivity index (χ3v) is 14.3. The second-order valence-corrected chi connectivity index (χ2v) is 21.0. The molecule has 0 aromatic heterocycles. The minimum absolute atomic E-state index is 0.0163. The summed E-state index contributed by atoms with van der Waals surface area (Å²) in [4.78, 5) is 24.6. The zero-order valence-electron chi connectivity index (χ0n) is 45.9. The Morgan fingerprint density at radius 2 is 0.735 bits per heavy atom. The minimum Gasteiger partial charge on any atom is -0.466 e. The van der Waals surface area contributed by atoms with Crippen LogP contribution in [0.4, 0.5) is 0 Å². The average Bonchev–Trinajstić information content (AvgIpc) is 3.34. The maximum Gasteiger partial charge on any atom is 0.305 e. The van der Waals surface area contributed by atoms with Gasteiger partial charge in [-0.2, -0.15) is 0 Å². The number of carbonyl (C=O) groups excluding carboxylic acids is 2. The van der Waals surface area contributed by atoms with Gasteiger partial charge in [-0.3, -0.25) is 9.59 Å². The molecule has 0 spiro atoms. The molecule has 0 saturated carbocycles. The molecule has 68 heavy (non-hydrogen) atoms. The van der Waals surface area contributed by atoms with Gasteiger partial charge in [0, 0.05) is 12.8 Å². The van der Waals surface area contributed by atoms with Gasteiger partial charge in [-0.25, -0.2) is 0 Å². The van der Waals surface area contributed by atoms with E-state index < -0.39 is 12.1 Å². The van der Waals surface area contributed by atoms with Gasteiger partial charge in [-0.05, 0) is 57.8 Å². The van der Waals surface area contributed by atoms with Crippen LogP contribution in [0.3, 0.4) is 0 Å². The molecule has 0 aliphatic heterocycles. The normalized spacial score (nSPS) is 12.7. The molecule has 0 bridgehead atoms. The number of unbranched alkanes of at least 4 members (excludes halogenated alkanes) is 42. The van der Waals surface area contributed by atoms with Crippen molar-refractivity contribution >= 4 is 11.9 Å². The van der Waals surface area contributed by atoms with Gasteiger partial charge in [0.05, 0.1) is 25.4 Å². The number of aliphatic hydroxyl groups excluding tert-OH is 2. The Morgan fingerprint density at radius 1 is 0.412 bits per heavy atom. The molecule has 1 amide bonds. The summed E-state index contributed by atoms with van der Waals surface area (Å²) in [6, 6.07) is -0.557. The van der Waals surface area contributed by atoms with Crippen LogP contribution in [-0.4, -0.2) is 47.4 Å². The van der Waals surface area contributed by atoms with Gasteiger partial charge in [0.1, 0.15) is 0 Å². The Hall–Kier alpha value is -1.66. The number of nitrogens with one attached hydrogen (secondary N) is 1. The third-order valence-electron chi connectivity index (χ3n) is 14.3. The molecule has 0 aromatic rings. The summed E-state index contributed by atoms with van der Waals surface area (Å²) in [5, 5.41) is 23.3. The summed E-state index contributed by atoms with van der Waals surface area (Å²) >= 11 is 0. The summed E-state index contributed by atoms with van der Waals surface area (Å²) in [6.45, 7) is 4.91. The topological polar surface area (TPSA) is 95.9 Å². The fraction of sp³-hybridized carbons (Fsp3) is 0.903. The summed E-state index contributed by atoms with van der Waals surface area (Å²) in [5.41, 5.74) is 0. The number of hydrogen-bond donors (Lipinski definition) is 3. The molecule has 0 radical (unpaired) electrons. The van der Waals surface area contributed by atoms with Crippen LogP contribution in [0.15, 0.2) is 24.3 Å². The van der Waals surface area contributed by atoms with E-state index in [2.05, 4.69) is 43.5 Å². The Kier molecular flexibility index (Phi) is 56.5. The molecular formula is C62H119NO5. The van der Waals surface area contributed by atoms with Gasteiger partial charge in [-0.15, -0.1) is 0 Å². The number of hydrogen-bond acceptors (Lipinski definition) is 5. The summed E-state index contributed by atoms with van der Waals surface area (Å²) in [6.07, 6.45) is 70.3. The lowest BCUT2D eigenvalue weighted by Gasteiger charge is -2.22. The van der Waals surface area contributed by atoms with Crippen LogP contribution in [0.1, 0.15) is 335 Å². The standard InChI is InChI=1S/C62H119NO5/c1-3-5-7-9-11-13-15-17-19-21-23-24-26-27-29-31-34-38-42-46-50-54-60(65)59(58-64)63-61(66)55-51-47-43-39-35-33-37-41-45-49-53-57-68-62(67)56-52-48-44-40-36-32-30-28-25-22-20-18-16-14-12-10-8-6-4-2/h12,14,18,20,59-60,64-65H,3-11,13,15-17,19,21-58H2,1-2H3,(H,63,66)/b14-12-,20-18-. The van der Waals surface area contributed by atoms with Crippen LogP contribution < -0.4 is 5.32 Å². The molecule has 0 aromatic carbocycles. The molecule has 2 atom stereocenters. The van der Waals surface area contributed by atoms with Crippen LogP contribution in [0.25, 0.3) is 0 Å². The van der Waals surface area contributed by atoms with E-state index in [1.165, 1.54) is 238 Å². The van der Waals surface area contributed by atoms with E-state index in [-0.39, 0.29) is 18.5 Å². The Morgan fingerprint density at radius 3 is 1.15 bits per heavy atom. The lowest BCUT2D eigenvalue weighted by atomic mass is 10.0. The molecule has 3 N–H and O–H groups in total. The Bertz CT molecular complexity index is 1060. The van der Waals surface area contributed by atoms with Crippen molar-refractivity contribution in [1.29, 1.82) is 0 Å². The number of esters is 1. The highest BCUT2D eigenvalue weighted by molar-refractivity contribution is 5.76. The van der Waals surface area contributed by atoms with Crippen molar-refractivity contribution in [2.75, 3.05) is 13.2 Å². The van der Waals surface area contributed by atoms with Crippen molar-refractivity contribution in [3.05, 3.63) is 24.3 Å². The quantitative estimate of drug-likeness (QED) is 0.0321. The lowest BCUT2D eigenvalue weighted by Crippen LogP contribution is -2.45. The third kappa shape index (κ3) is 53.7. The van der Waals surface area contributed by atoms with Gasteiger partial charge in [0.15, 0.2) is 0 Å². The summed E-state index contributed by atoms with van der Waals surface area (Å²) in [7, 11) is 0. The van der Waals surface area contributed by atoms with E-state index >= 15 is 0 Å². The SMILES string of the molecule is CCCCC/C=C\C/C=C\CCCCCCCCCCCC(=O)OCCCCCCCCCCCCCC(=O)NC(CO)C(O)CCCCCCCCCCCCCCCCCCCCCCC. The highest BCUT2D eigenvalue weighted by Gasteiger charge is 2.20. The maximum absolute atomic E-state index is 12.5. The Balaban J connectivity index is 3.45. The molecule has 0 aliphatic rings. The lowest BCUT2D eigenvalue weighted by molar-refractivity contribution is -0.143. The van der Waals surface area contributed by atoms with Crippen molar-refractivity contribution in [3.8, 4) is 0 Å². The largest absolute Gasteiger partial charge is 0.466 e. The van der Waals surface area contributed by atoms with Crippen molar-refractivity contribution in [2.24, 2.45) is 0 Å². The molecule has 0 heterocycles. The van der Waals surface area contributed by atoms with Crippen LogP contribution in [-0.2, 0) is 14.3 Å². The van der Waals surface area contributed by atoms with Crippen LogP contribution in [0.5, 0.6) is 0 Å². The average molecular weight is 959 g/mol. The van der Waals surface area contributed by atoms with Gasteiger partial charge in [0.25, 0.3) is 0 Å². The van der Waals surface area contributed by atoms with E-state index in [1.807, 2.05) is 0 Å². The predicted molar refractivity (Wildman–Crippen MR) is 296 cm³/mol. The summed E-state index contributed by atoms with van der Waals surface area (Å²) in [5.74, 6) is -0.0671. The Labute approximate surface area is 424 Å². The first kappa shape index (κ1) is 66.3. The van der Waals surface area contributed by atoms with E-state index in [0.717, 1.165) is 64.2 Å². The number of ether oxygens (including phenoxy) is 1. The molecule has 6 heteroatoms. The van der Waals surface area contributed by atoms with Gasteiger partial charge in [0.2, 0.25) is 5.91 Å². The predicted octanol–water partition coefficient (Wildman–Crippen LogP) is 19.0. The number of rotatable bonds is 57. The molecule has 2 unspecified atom stereocenters. The van der Waals surface area contributed by atoms with E-state index in [1.54, 1.807) is 0 Å². The van der Waals surface area contributed by atoms with Gasteiger partial charge < -0.3 is 20.3 Å². The number of amides is 1. The van der Waals surface area contributed by atoms with E-state index in [0.29, 0.717) is 25.9 Å². The monoisotopic (exact) mass is 958 g/mol. The molecule has 402 valence electrons. The summed E-state index contributed by atoms with van der Waals surface area (Å²) < 4.78 is 5.48. The van der Waals surface area contributed by atoms with Crippen molar-refractivity contribution in [3.63, 3.8) is 0 Å². The molecule has 6 nitrogen and oxygen atoms in total. The first-order valence-corrected chi connectivity index (χ1v) is 30.6. The smallest absolute Gasteiger partial charge is 0.305 e. The maximum atomic E-state index is 12.5. The minimum atomic E-state index is -0.678. The molecule has 0 rings (SSSR count). The number of aliphatic hydroxyl groups is 2. The van der Waals surface area contributed by atoms with Crippen LogP contribution in [0.2, 0.25) is 0 Å². The fourth-order valence-electron chi connectivity index (χ4n) is 9.55. The van der Waals surface area contributed by atoms with Crippen molar-refractivity contribution < 1.29 is 24.5 Å². The fourth-order valence-corrected chi connectivity index (χ4v) is 9.55. The number of allylic oxidation sites excluding steroid dienone is 4. The zero-order valence-corrected chi connectivity index (χ0v) is 45.9. The van der Waals surface area contributed by atoms with Gasteiger partial charge >= 0.3 is 5.97 Å². The first-order valence-electron chi connectivity index (χ1n) is 30.6. The highest BCUT2D eigenvalue weighted by atomic mass is 16.5. The van der Waals surface area contributed by atoms with Crippen LogP contribution >= 0.6 is 0 Å². The first-order chi connectivity index (χ1) is 33.5. The number of carbonyl (C=O) groups is 2. The molecule has 0 aliphatic carbocycles. The molecular weight excluding hydrogens is 839 g/mol. The van der Waals surface area contributed by atoms with Crippen molar-refractivity contribution in [2.45, 2.75) is 347 Å². The second-order valence-electron chi connectivity index (χ2n) is 21.0. The van der Waals surface area contributed by atoms with E-state index in [4.69, 9.17) is 4.74 Å². The van der Waals surface area contributed by atoms with E-state index in [9.17, 15) is 19.8 Å². The zero-order chi connectivity index (χ0) is 49.3. The second kappa shape index (κ2) is 57.9. The van der Waals surface area contributed by atoms with Crippen molar-refractivity contribution in [1.82, 2.24) is 5.32 Å².